The second-order valence-electron chi connectivity index (χ2n) is 11.9. The number of rotatable bonds is 12. The first-order chi connectivity index (χ1) is 22.1. The number of hydrogen-bond donors (Lipinski definition) is 1. The Labute approximate surface area is 277 Å². The highest BCUT2D eigenvalue weighted by Crippen LogP contribution is 2.29. The summed E-state index contributed by atoms with van der Waals surface area (Å²) in [4.78, 5) is 30.4. The number of nitrogens with zero attached hydrogens (tertiary/aromatic N) is 2. The molecule has 4 aromatic rings. The average Bonchev–Trinajstić information content (AvgIpc) is 3.57. The Morgan fingerprint density at radius 1 is 0.826 bits per heavy atom. The molecule has 1 fully saturated rings. The monoisotopic (exact) mass is 657 g/mol. The van der Waals surface area contributed by atoms with E-state index in [0.717, 1.165) is 47.9 Å². The van der Waals surface area contributed by atoms with Crippen molar-refractivity contribution >= 4 is 39.1 Å². The zero-order valence-electron chi connectivity index (χ0n) is 26.2. The minimum atomic E-state index is -4.16. The Kier molecular flexibility index (Phi) is 10.8. The second kappa shape index (κ2) is 15.0. The first kappa shape index (κ1) is 33.2. The highest BCUT2D eigenvalue weighted by molar-refractivity contribution is 7.92. The predicted octanol–water partition coefficient (Wildman–Crippen LogP) is 6.85. The lowest BCUT2D eigenvalue weighted by atomic mass is 10.0. The largest absolute Gasteiger partial charge is 0.352 e. The van der Waals surface area contributed by atoms with Crippen LogP contribution in [0.4, 0.5) is 5.69 Å². The van der Waals surface area contributed by atoms with Crippen LogP contribution in [-0.2, 0) is 32.6 Å². The summed E-state index contributed by atoms with van der Waals surface area (Å²) >= 11 is 6.18. The Hall–Kier alpha value is -4.14. The van der Waals surface area contributed by atoms with Gasteiger partial charge >= 0.3 is 0 Å². The summed E-state index contributed by atoms with van der Waals surface area (Å²) in [6.45, 7) is 3.36. The van der Waals surface area contributed by atoms with Crippen LogP contribution in [0.15, 0.2) is 108 Å². The second-order valence-corrected chi connectivity index (χ2v) is 14.2. The molecule has 1 atom stereocenters. The van der Waals surface area contributed by atoms with E-state index in [1.165, 1.54) is 21.3 Å². The van der Waals surface area contributed by atoms with Gasteiger partial charge in [0.2, 0.25) is 11.8 Å². The number of anilines is 1. The first-order valence-electron chi connectivity index (χ1n) is 15.7. The van der Waals surface area contributed by atoms with Crippen LogP contribution in [0.1, 0.15) is 47.9 Å². The molecular formula is C37H40ClN3O4S. The molecule has 0 heterocycles. The normalized spacial score (nSPS) is 14.1. The van der Waals surface area contributed by atoms with Crippen LogP contribution in [0.2, 0.25) is 5.02 Å². The van der Waals surface area contributed by atoms with Crippen LogP contribution >= 0.6 is 11.6 Å². The molecule has 1 aliphatic carbocycles. The van der Waals surface area contributed by atoms with Crippen molar-refractivity contribution < 1.29 is 18.0 Å². The minimum Gasteiger partial charge on any atom is -0.352 e. The molecule has 0 bridgehead atoms. The quantitative estimate of drug-likeness (QED) is 0.181. The van der Waals surface area contributed by atoms with Crippen LogP contribution in [0.3, 0.4) is 0 Å². The fourth-order valence-electron chi connectivity index (χ4n) is 5.95. The Balaban J connectivity index is 1.58. The lowest BCUT2D eigenvalue weighted by molar-refractivity contribution is -0.140. The Morgan fingerprint density at radius 2 is 1.46 bits per heavy atom. The maximum absolute atomic E-state index is 14.7. The van der Waals surface area contributed by atoms with Crippen molar-refractivity contribution in [1.29, 1.82) is 0 Å². The molecule has 0 unspecified atom stereocenters. The number of aryl methyl sites for hydroxylation is 1. The van der Waals surface area contributed by atoms with Crippen LogP contribution in [0.25, 0.3) is 0 Å². The molecule has 9 heteroatoms. The number of sulfonamides is 1. The van der Waals surface area contributed by atoms with E-state index in [0.29, 0.717) is 10.7 Å². The number of carbonyl (C=O) groups excluding carboxylic acids is 2. The van der Waals surface area contributed by atoms with Crippen molar-refractivity contribution in [2.24, 2.45) is 0 Å². The van der Waals surface area contributed by atoms with Gasteiger partial charge in [-0.25, -0.2) is 8.42 Å². The zero-order chi connectivity index (χ0) is 32.7. The summed E-state index contributed by atoms with van der Waals surface area (Å²) in [5, 5.41) is 3.75. The van der Waals surface area contributed by atoms with Crippen LogP contribution < -0.4 is 9.62 Å². The van der Waals surface area contributed by atoms with Gasteiger partial charge in [-0.2, -0.15) is 0 Å². The number of hydrogen-bond acceptors (Lipinski definition) is 4. The minimum absolute atomic E-state index is 0.0446. The smallest absolute Gasteiger partial charge is 0.264 e. The van der Waals surface area contributed by atoms with Crippen molar-refractivity contribution in [1.82, 2.24) is 10.2 Å². The van der Waals surface area contributed by atoms with Gasteiger partial charge in [0.25, 0.3) is 10.0 Å². The lowest BCUT2D eigenvalue weighted by Crippen LogP contribution is -2.54. The van der Waals surface area contributed by atoms with Gasteiger partial charge in [-0.1, -0.05) is 97.2 Å². The molecule has 0 radical (unpaired) electrons. The van der Waals surface area contributed by atoms with E-state index >= 15 is 0 Å². The third-order valence-corrected chi connectivity index (χ3v) is 10.7. The van der Waals surface area contributed by atoms with Crippen molar-refractivity contribution in [2.45, 2.75) is 69.5 Å². The highest BCUT2D eigenvalue weighted by atomic mass is 35.5. The molecule has 0 saturated heterocycles. The fourth-order valence-corrected chi connectivity index (χ4v) is 7.57. The van der Waals surface area contributed by atoms with E-state index in [4.69, 9.17) is 11.6 Å². The topological polar surface area (TPSA) is 86.8 Å². The van der Waals surface area contributed by atoms with Gasteiger partial charge in [-0.3, -0.25) is 13.9 Å². The Bertz CT molecular complexity index is 1740. The SMILES string of the molecule is Cc1cccc(N(CC(=O)N(Cc2ccc(Cl)cc2)[C@H](Cc2ccccc2)C(=O)NC2CCCC2)S(=O)(=O)c2ccccc2)c1C. The zero-order valence-corrected chi connectivity index (χ0v) is 27.8. The molecule has 4 aromatic carbocycles. The van der Waals surface area contributed by atoms with Gasteiger partial charge in [0.1, 0.15) is 12.6 Å². The molecule has 0 aliphatic heterocycles. The number of halogens is 1. The maximum Gasteiger partial charge on any atom is 0.264 e. The van der Waals surface area contributed by atoms with Crippen LogP contribution in [0.5, 0.6) is 0 Å². The molecule has 7 nitrogen and oxygen atoms in total. The third-order valence-electron chi connectivity index (χ3n) is 8.69. The van der Waals surface area contributed by atoms with Gasteiger partial charge < -0.3 is 10.2 Å². The molecule has 2 amide bonds. The molecule has 1 saturated carbocycles. The summed E-state index contributed by atoms with van der Waals surface area (Å²) in [5.74, 6) is -0.736. The van der Waals surface area contributed by atoms with Gasteiger partial charge in [0, 0.05) is 24.0 Å². The third kappa shape index (κ3) is 7.98. The average molecular weight is 658 g/mol. The Morgan fingerprint density at radius 3 is 2.11 bits per heavy atom. The van der Waals surface area contributed by atoms with Gasteiger partial charge in [-0.15, -0.1) is 0 Å². The summed E-state index contributed by atoms with van der Waals surface area (Å²) < 4.78 is 29.6. The first-order valence-corrected chi connectivity index (χ1v) is 17.5. The van der Waals surface area contributed by atoms with E-state index in [1.807, 2.05) is 62.4 Å². The molecule has 1 N–H and O–H groups in total. The van der Waals surface area contributed by atoms with E-state index in [1.54, 1.807) is 42.5 Å². The highest BCUT2D eigenvalue weighted by Gasteiger charge is 2.36. The fraction of sp³-hybridized carbons (Fsp3) is 0.297. The molecular weight excluding hydrogens is 618 g/mol. The van der Waals surface area contributed by atoms with Gasteiger partial charge in [0.05, 0.1) is 10.6 Å². The summed E-state index contributed by atoms with van der Waals surface area (Å²) in [5.41, 5.74) is 3.73. The van der Waals surface area contributed by atoms with Crippen LogP contribution in [-0.4, -0.2) is 43.8 Å². The van der Waals surface area contributed by atoms with E-state index in [9.17, 15) is 18.0 Å². The molecule has 1 aliphatic rings. The van der Waals surface area contributed by atoms with Crippen molar-refractivity contribution in [3.63, 3.8) is 0 Å². The number of nitrogens with one attached hydrogen (secondary N) is 1. The number of carbonyl (C=O) groups is 2. The van der Waals surface area contributed by atoms with E-state index in [-0.39, 0.29) is 29.8 Å². The van der Waals surface area contributed by atoms with Crippen LogP contribution in [0, 0.1) is 13.8 Å². The molecule has 240 valence electrons. The van der Waals surface area contributed by atoms with Crippen molar-refractivity contribution in [3.8, 4) is 0 Å². The maximum atomic E-state index is 14.7. The van der Waals surface area contributed by atoms with E-state index < -0.39 is 28.5 Å². The van der Waals surface area contributed by atoms with Gasteiger partial charge in [0.15, 0.2) is 0 Å². The molecule has 0 spiro atoms. The van der Waals surface area contributed by atoms with Crippen molar-refractivity contribution in [2.75, 3.05) is 10.8 Å². The number of benzene rings is 4. The standard InChI is InChI=1S/C37H40ClN3O4S/c1-27-12-11-19-34(28(27)2)41(46(44,45)33-17-7-4-8-18-33)26-36(42)40(25-30-20-22-31(38)23-21-30)35(24-29-13-5-3-6-14-29)37(43)39-32-15-9-10-16-32/h3-8,11-14,17-23,32,35H,9-10,15-16,24-26H2,1-2H3,(H,39,43)/t35-/m1/s1. The van der Waals surface area contributed by atoms with Gasteiger partial charge in [-0.05, 0) is 79.3 Å². The summed E-state index contributed by atoms with van der Waals surface area (Å²) in [7, 11) is -4.16. The van der Waals surface area contributed by atoms with Crippen molar-refractivity contribution in [3.05, 3.63) is 130 Å². The predicted molar refractivity (Wildman–Crippen MR) is 183 cm³/mol. The lowest BCUT2D eigenvalue weighted by Gasteiger charge is -2.34. The number of amides is 2. The molecule has 5 rings (SSSR count). The molecule has 46 heavy (non-hydrogen) atoms. The van der Waals surface area contributed by atoms with E-state index in [2.05, 4.69) is 5.32 Å². The summed E-state index contributed by atoms with van der Waals surface area (Å²) in [6, 6.07) is 29.4. The molecule has 0 aromatic heterocycles. The summed E-state index contributed by atoms with van der Waals surface area (Å²) in [6.07, 6.45) is 4.15.